The number of hydrogen-bond acceptors (Lipinski definition) is 5. The predicted molar refractivity (Wildman–Crippen MR) is 93.4 cm³/mol. The lowest BCUT2D eigenvalue weighted by molar-refractivity contribution is 0.183. The Labute approximate surface area is 147 Å². The van der Waals surface area contributed by atoms with Crippen molar-refractivity contribution in [2.24, 2.45) is 0 Å². The number of aromatic nitrogens is 2. The first-order chi connectivity index (χ1) is 12.3. The minimum absolute atomic E-state index is 0.0627. The number of hydrogen-bond donors (Lipinski definition) is 2. The molecule has 0 bridgehead atoms. The van der Waals surface area contributed by atoms with Gasteiger partial charge < -0.3 is 19.8 Å². The van der Waals surface area contributed by atoms with Crippen LogP contribution in [-0.4, -0.2) is 54.1 Å². The molecule has 0 aromatic carbocycles. The third-order valence-electron chi connectivity index (χ3n) is 4.32. The van der Waals surface area contributed by atoms with Gasteiger partial charge in [-0.15, -0.1) is 0 Å². The molecule has 0 radical (unpaired) electrons. The molecule has 2 N–H and O–H groups in total. The average molecular weight is 347 g/mol. The molecule has 1 saturated heterocycles. The molecular formula is C17H25N5O3. The van der Waals surface area contributed by atoms with Gasteiger partial charge in [0.15, 0.2) is 0 Å². The molecule has 1 aliphatic heterocycles. The number of anilines is 1. The van der Waals surface area contributed by atoms with Gasteiger partial charge in [0, 0.05) is 19.9 Å². The summed E-state index contributed by atoms with van der Waals surface area (Å²) in [6.07, 6.45) is 7.45. The maximum absolute atomic E-state index is 12.2. The summed E-state index contributed by atoms with van der Waals surface area (Å²) >= 11 is 0. The lowest BCUT2D eigenvalue weighted by Crippen LogP contribution is -2.38. The van der Waals surface area contributed by atoms with Gasteiger partial charge in [-0.25, -0.2) is 4.79 Å². The number of carbonyl (C=O) groups excluding carboxylic acids is 1. The number of furan rings is 1. The summed E-state index contributed by atoms with van der Waals surface area (Å²) in [5.41, 5.74) is 0.657. The van der Waals surface area contributed by atoms with E-state index in [4.69, 9.17) is 9.15 Å². The minimum Gasteiger partial charge on any atom is -0.468 e. The smallest absolute Gasteiger partial charge is 0.319 e. The molecule has 2 aromatic rings. The van der Waals surface area contributed by atoms with Crippen molar-refractivity contribution in [2.45, 2.75) is 25.4 Å². The molecule has 8 nitrogen and oxygen atoms in total. The molecule has 0 aliphatic carbocycles. The number of nitrogens with one attached hydrogen (secondary N) is 2. The Balaban J connectivity index is 1.52. The van der Waals surface area contributed by atoms with Crippen LogP contribution >= 0.6 is 0 Å². The van der Waals surface area contributed by atoms with Gasteiger partial charge in [-0.1, -0.05) is 0 Å². The third-order valence-corrected chi connectivity index (χ3v) is 4.32. The first-order valence-electron chi connectivity index (χ1n) is 8.60. The Morgan fingerprint density at radius 3 is 3.00 bits per heavy atom. The quantitative estimate of drug-likeness (QED) is 0.764. The van der Waals surface area contributed by atoms with Gasteiger partial charge in [-0.3, -0.25) is 9.58 Å². The van der Waals surface area contributed by atoms with Crippen molar-refractivity contribution >= 4 is 11.7 Å². The topological polar surface area (TPSA) is 84.6 Å². The Kier molecular flexibility index (Phi) is 6.08. The number of amides is 2. The Hall–Kier alpha value is -2.32. The van der Waals surface area contributed by atoms with E-state index in [2.05, 4.69) is 20.6 Å². The van der Waals surface area contributed by atoms with Crippen LogP contribution in [0.15, 0.2) is 35.2 Å². The zero-order chi connectivity index (χ0) is 17.5. The average Bonchev–Trinajstić information content (AvgIpc) is 3.36. The summed E-state index contributed by atoms with van der Waals surface area (Å²) in [7, 11) is 1.64. The molecule has 136 valence electrons. The predicted octanol–water partition coefficient (Wildman–Crippen LogP) is 2.08. The van der Waals surface area contributed by atoms with Crippen LogP contribution in [0.25, 0.3) is 0 Å². The zero-order valence-electron chi connectivity index (χ0n) is 14.5. The van der Waals surface area contributed by atoms with Crippen LogP contribution in [0.5, 0.6) is 0 Å². The Bertz CT molecular complexity index is 649. The number of rotatable bonds is 8. The van der Waals surface area contributed by atoms with Gasteiger partial charge >= 0.3 is 6.03 Å². The molecule has 1 unspecified atom stereocenters. The van der Waals surface area contributed by atoms with E-state index < -0.39 is 0 Å². The van der Waals surface area contributed by atoms with E-state index in [0.717, 1.165) is 18.8 Å². The van der Waals surface area contributed by atoms with Crippen LogP contribution in [0, 0.1) is 0 Å². The van der Waals surface area contributed by atoms with Crippen molar-refractivity contribution in [1.29, 1.82) is 0 Å². The lowest BCUT2D eigenvalue weighted by Gasteiger charge is -2.25. The van der Waals surface area contributed by atoms with E-state index in [-0.39, 0.29) is 12.1 Å². The highest BCUT2D eigenvalue weighted by Crippen LogP contribution is 2.24. The van der Waals surface area contributed by atoms with Crippen molar-refractivity contribution in [3.63, 3.8) is 0 Å². The third kappa shape index (κ3) is 4.83. The molecule has 2 amide bonds. The van der Waals surface area contributed by atoms with Crippen LogP contribution in [-0.2, 0) is 11.3 Å². The molecule has 1 atom stereocenters. The Morgan fingerprint density at radius 2 is 2.28 bits per heavy atom. The van der Waals surface area contributed by atoms with Crippen molar-refractivity contribution in [3.05, 3.63) is 36.5 Å². The van der Waals surface area contributed by atoms with Crippen LogP contribution in [0.3, 0.4) is 0 Å². The molecule has 3 rings (SSSR count). The van der Waals surface area contributed by atoms with Crippen molar-refractivity contribution in [2.75, 3.05) is 38.7 Å². The highest BCUT2D eigenvalue weighted by atomic mass is 16.5. The number of urea groups is 1. The van der Waals surface area contributed by atoms with E-state index in [9.17, 15) is 4.79 Å². The number of methoxy groups -OCH3 is 1. The number of ether oxygens (including phenoxy) is 1. The van der Waals surface area contributed by atoms with Crippen molar-refractivity contribution in [1.82, 2.24) is 20.0 Å². The monoisotopic (exact) mass is 347 g/mol. The molecule has 25 heavy (non-hydrogen) atoms. The number of carbonyl (C=O) groups is 1. The Morgan fingerprint density at radius 1 is 1.44 bits per heavy atom. The molecule has 8 heteroatoms. The highest BCUT2D eigenvalue weighted by molar-refractivity contribution is 5.88. The SMILES string of the molecule is COCCn1cc(NC(=O)NCC(c2ccco2)N2CCCC2)cn1. The van der Waals surface area contributed by atoms with Crippen molar-refractivity contribution < 1.29 is 13.9 Å². The second-order valence-electron chi connectivity index (χ2n) is 6.09. The standard InChI is InChI=1S/C17H25N5O3/c1-24-10-8-22-13-14(11-19-22)20-17(23)18-12-15(16-5-4-9-25-16)21-6-2-3-7-21/h4-5,9,11,13,15H,2-3,6-8,10,12H2,1H3,(H2,18,20,23). The fourth-order valence-electron chi connectivity index (χ4n) is 3.04. The number of likely N-dealkylation sites (tertiary alicyclic amines) is 1. The molecular weight excluding hydrogens is 322 g/mol. The second-order valence-corrected chi connectivity index (χ2v) is 6.09. The summed E-state index contributed by atoms with van der Waals surface area (Å²) in [5, 5.41) is 9.92. The van der Waals surface area contributed by atoms with Gasteiger partial charge in [-0.2, -0.15) is 5.10 Å². The highest BCUT2D eigenvalue weighted by Gasteiger charge is 2.25. The summed E-state index contributed by atoms with van der Waals surface area (Å²) in [6, 6.07) is 3.66. The fraction of sp³-hybridized carbons (Fsp3) is 0.529. The van der Waals surface area contributed by atoms with Gasteiger partial charge in [0.2, 0.25) is 0 Å². The molecule has 0 saturated carbocycles. The van der Waals surface area contributed by atoms with Crippen LogP contribution in [0.2, 0.25) is 0 Å². The summed E-state index contributed by atoms with van der Waals surface area (Å²) in [5.74, 6) is 0.884. The molecule has 3 heterocycles. The van der Waals surface area contributed by atoms with Gasteiger partial charge in [0.1, 0.15) is 5.76 Å². The minimum atomic E-state index is -0.248. The molecule has 2 aromatic heterocycles. The van der Waals surface area contributed by atoms with Gasteiger partial charge in [0.05, 0.1) is 37.3 Å². The van der Waals surface area contributed by atoms with Crippen molar-refractivity contribution in [3.8, 4) is 0 Å². The van der Waals surface area contributed by atoms with Gasteiger partial charge in [-0.05, 0) is 38.1 Å². The molecule has 1 aliphatic rings. The van der Waals surface area contributed by atoms with E-state index in [0.29, 0.717) is 25.4 Å². The normalized spacial score (nSPS) is 16.0. The van der Waals surface area contributed by atoms with Gasteiger partial charge in [0.25, 0.3) is 0 Å². The van der Waals surface area contributed by atoms with Crippen LogP contribution in [0.1, 0.15) is 24.6 Å². The summed E-state index contributed by atoms with van der Waals surface area (Å²) < 4.78 is 12.3. The fourth-order valence-corrected chi connectivity index (χ4v) is 3.04. The summed E-state index contributed by atoms with van der Waals surface area (Å²) in [6.45, 7) is 3.78. The van der Waals surface area contributed by atoms with E-state index in [1.165, 1.54) is 12.8 Å². The van der Waals surface area contributed by atoms with E-state index in [1.807, 2.05) is 12.1 Å². The van der Waals surface area contributed by atoms with E-state index >= 15 is 0 Å². The first-order valence-corrected chi connectivity index (χ1v) is 8.60. The zero-order valence-corrected chi connectivity index (χ0v) is 14.5. The second kappa shape index (κ2) is 8.68. The largest absolute Gasteiger partial charge is 0.468 e. The van der Waals surface area contributed by atoms with Crippen LogP contribution in [0.4, 0.5) is 10.5 Å². The molecule has 0 spiro atoms. The first kappa shape index (κ1) is 17.5. The maximum Gasteiger partial charge on any atom is 0.319 e. The summed E-state index contributed by atoms with van der Waals surface area (Å²) in [4.78, 5) is 14.5. The molecule has 1 fully saturated rings. The maximum atomic E-state index is 12.2. The van der Waals surface area contributed by atoms with Crippen LogP contribution < -0.4 is 10.6 Å². The van der Waals surface area contributed by atoms with E-state index in [1.54, 1.807) is 30.4 Å². The number of nitrogens with zero attached hydrogens (tertiary/aromatic N) is 3. The lowest BCUT2D eigenvalue weighted by atomic mass is 10.2.